The molecule has 15 heavy (non-hydrogen) atoms. The normalized spacial score (nSPS) is 12.7. The molecule has 2 nitrogen and oxygen atoms in total. The number of benzene rings is 1. The van der Waals surface area contributed by atoms with Crippen molar-refractivity contribution in [2.24, 2.45) is 0 Å². The highest BCUT2D eigenvalue weighted by Crippen LogP contribution is 2.21. The Kier molecular flexibility index (Phi) is 5.37. The summed E-state index contributed by atoms with van der Waals surface area (Å²) >= 11 is 0. The molecule has 0 spiro atoms. The van der Waals surface area contributed by atoms with E-state index in [1.54, 1.807) is 0 Å². The van der Waals surface area contributed by atoms with Crippen LogP contribution in [-0.4, -0.2) is 18.3 Å². The summed E-state index contributed by atoms with van der Waals surface area (Å²) in [5, 5.41) is 9.95. The molecule has 0 amide bonds. The zero-order valence-corrected chi connectivity index (χ0v) is 9.57. The molecule has 1 rings (SSSR count). The highest BCUT2D eigenvalue weighted by Gasteiger charge is 2.08. The summed E-state index contributed by atoms with van der Waals surface area (Å²) in [4.78, 5) is 0. The molecule has 0 saturated heterocycles. The fraction of sp³-hybridized carbons (Fsp3) is 0.538. The Balaban J connectivity index is 2.40. The Morgan fingerprint density at radius 3 is 2.73 bits per heavy atom. The van der Waals surface area contributed by atoms with Crippen LogP contribution in [0.2, 0.25) is 0 Å². The van der Waals surface area contributed by atoms with E-state index >= 15 is 0 Å². The van der Waals surface area contributed by atoms with Gasteiger partial charge in [-0.25, -0.2) is 0 Å². The molecule has 0 fully saturated rings. The Labute approximate surface area is 91.9 Å². The first kappa shape index (κ1) is 12.2. The van der Waals surface area contributed by atoms with Crippen LogP contribution in [0.15, 0.2) is 24.3 Å². The van der Waals surface area contributed by atoms with Crippen molar-refractivity contribution >= 4 is 0 Å². The summed E-state index contributed by atoms with van der Waals surface area (Å²) in [6.07, 6.45) is 1.32. The number of hydrogen-bond donors (Lipinski definition) is 1. The van der Waals surface area contributed by atoms with Crippen molar-refractivity contribution in [2.75, 3.05) is 13.2 Å². The van der Waals surface area contributed by atoms with E-state index in [0.717, 1.165) is 37.2 Å². The second kappa shape index (κ2) is 6.59. The van der Waals surface area contributed by atoms with Gasteiger partial charge >= 0.3 is 0 Å². The third kappa shape index (κ3) is 4.02. The SMILES string of the molecule is CCOCCCC(O)c1ccccc1C. The molecule has 0 bridgehead atoms. The van der Waals surface area contributed by atoms with Crippen LogP contribution in [0.4, 0.5) is 0 Å². The first-order valence-corrected chi connectivity index (χ1v) is 5.57. The van der Waals surface area contributed by atoms with E-state index in [2.05, 4.69) is 0 Å². The lowest BCUT2D eigenvalue weighted by Gasteiger charge is -2.13. The lowest BCUT2D eigenvalue weighted by atomic mass is 10.0. The van der Waals surface area contributed by atoms with Gasteiger partial charge in [-0.1, -0.05) is 24.3 Å². The minimum atomic E-state index is -0.355. The second-order valence-corrected chi connectivity index (χ2v) is 3.71. The van der Waals surface area contributed by atoms with Crippen molar-refractivity contribution in [1.29, 1.82) is 0 Å². The zero-order valence-electron chi connectivity index (χ0n) is 9.57. The van der Waals surface area contributed by atoms with Crippen LogP contribution in [-0.2, 0) is 4.74 Å². The first-order valence-electron chi connectivity index (χ1n) is 5.57. The average molecular weight is 208 g/mol. The summed E-state index contributed by atoms with van der Waals surface area (Å²) in [6.45, 7) is 5.50. The van der Waals surface area contributed by atoms with E-state index in [-0.39, 0.29) is 6.10 Å². The van der Waals surface area contributed by atoms with E-state index in [1.165, 1.54) is 0 Å². The molecule has 0 aromatic heterocycles. The quantitative estimate of drug-likeness (QED) is 0.728. The zero-order chi connectivity index (χ0) is 11.1. The van der Waals surface area contributed by atoms with Crippen LogP contribution in [0, 0.1) is 6.92 Å². The van der Waals surface area contributed by atoms with Gasteiger partial charge in [0.1, 0.15) is 0 Å². The van der Waals surface area contributed by atoms with Gasteiger partial charge in [0.05, 0.1) is 6.10 Å². The molecule has 0 saturated carbocycles. The van der Waals surface area contributed by atoms with Crippen molar-refractivity contribution in [1.82, 2.24) is 0 Å². The summed E-state index contributed by atoms with van der Waals surface area (Å²) < 4.78 is 5.24. The maximum absolute atomic E-state index is 9.95. The molecular formula is C13H20O2. The molecule has 1 aromatic rings. The van der Waals surface area contributed by atoms with E-state index in [4.69, 9.17) is 4.74 Å². The minimum Gasteiger partial charge on any atom is -0.388 e. The van der Waals surface area contributed by atoms with E-state index < -0.39 is 0 Å². The molecule has 1 unspecified atom stereocenters. The summed E-state index contributed by atoms with van der Waals surface area (Å²) in [6, 6.07) is 7.97. The van der Waals surface area contributed by atoms with Crippen molar-refractivity contribution in [2.45, 2.75) is 32.8 Å². The van der Waals surface area contributed by atoms with E-state index in [1.807, 2.05) is 38.1 Å². The molecule has 1 aromatic carbocycles. The van der Waals surface area contributed by atoms with Crippen LogP contribution >= 0.6 is 0 Å². The molecular weight excluding hydrogens is 188 g/mol. The van der Waals surface area contributed by atoms with Gasteiger partial charge < -0.3 is 9.84 Å². The Bertz CT molecular complexity index is 284. The van der Waals surface area contributed by atoms with Gasteiger partial charge in [0.15, 0.2) is 0 Å². The fourth-order valence-corrected chi connectivity index (χ4v) is 1.64. The fourth-order valence-electron chi connectivity index (χ4n) is 1.64. The van der Waals surface area contributed by atoms with Crippen LogP contribution in [0.1, 0.15) is 37.0 Å². The Morgan fingerprint density at radius 1 is 1.33 bits per heavy atom. The third-order valence-corrected chi connectivity index (χ3v) is 2.52. The lowest BCUT2D eigenvalue weighted by Crippen LogP contribution is -2.02. The number of hydrogen-bond acceptors (Lipinski definition) is 2. The van der Waals surface area contributed by atoms with Gasteiger partial charge in [0.25, 0.3) is 0 Å². The summed E-state index contributed by atoms with van der Waals surface area (Å²) in [7, 11) is 0. The highest BCUT2D eigenvalue weighted by atomic mass is 16.5. The van der Waals surface area contributed by atoms with Gasteiger partial charge in [-0.05, 0) is 37.8 Å². The van der Waals surface area contributed by atoms with Gasteiger partial charge in [-0.15, -0.1) is 0 Å². The maximum atomic E-state index is 9.95. The standard InChI is InChI=1S/C13H20O2/c1-3-15-10-6-9-13(14)12-8-5-4-7-11(12)2/h4-5,7-8,13-14H,3,6,9-10H2,1-2H3. The number of ether oxygens (including phenoxy) is 1. The second-order valence-electron chi connectivity index (χ2n) is 3.71. The van der Waals surface area contributed by atoms with E-state index in [0.29, 0.717) is 0 Å². The summed E-state index contributed by atoms with van der Waals surface area (Å²) in [5.74, 6) is 0. The smallest absolute Gasteiger partial charge is 0.0793 e. The van der Waals surface area contributed by atoms with Crippen molar-refractivity contribution in [3.63, 3.8) is 0 Å². The van der Waals surface area contributed by atoms with Crippen molar-refractivity contribution in [3.8, 4) is 0 Å². The molecule has 0 aliphatic rings. The van der Waals surface area contributed by atoms with Gasteiger partial charge in [0, 0.05) is 13.2 Å². The Morgan fingerprint density at radius 2 is 2.07 bits per heavy atom. The molecule has 0 radical (unpaired) electrons. The molecule has 0 aliphatic carbocycles. The first-order chi connectivity index (χ1) is 7.25. The third-order valence-electron chi connectivity index (χ3n) is 2.52. The van der Waals surface area contributed by atoms with Crippen LogP contribution in [0.5, 0.6) is 0 Å². The van der Waals surface area contributed by atoms with Gasteiger partial charge in [-0.3, -0.25) is 0 Å². The molecule has 2 heteroatoms. The monoisotopic (exact) mass is 208 g/mol. The van der Waals surface area contributed by atoms with E-state index in [9.17, 15) is 5.11 Å². The number of aryl methyl sites for hydroxylation is 1. The maximum Gasteiger partial charge on any atom is 0.0793 e. The predicted molar refractivity (Wildman–Crippen MR) is 61.9 cm³/mol. The number of aliphatic hydroxyl groups excluding tert-OH is 1. The van der Waals surface area contributed by atoms with Crippen LogP contribution < -0.4 is 0 Å². The van der Waals surface area contributed by atoms with Crippen molar-refractivity contribution < 1.29 is 9.84 Å². The largest absolute Gasteiger partial charge is 0.388 e. The minimum absolute atomic E-state index is 0.355. The number of rotatable bonds is 6. The van der Waals surface area contributed by atoms with Crippen molar-refractivity contribution in [3.05, 3.63) is 35.4 Å². The number of aliphatic hydroxyl groups is 1. The molecule has 84 valence electrons. The van der Waals surface area contributed by atoms with Gasteiger partial charge in [0.2, 0.25) is 0 Å². The molecule has 1 atom stereocenters. The summed E-state index contributed by atoms with van der Waals surface area (Å²) in [5.41, 5.74) is 2.19. The molecule has 0 aliphatic heterocycles. The molecule has 1 N–H and O–H groups in total. The van der Waals surface area contributed by atoms with Crippen LogP contribution in [0.3, 0.4) is 0 Å². The predicted octanol–water partition coefficient (Wildman–Crippen LogP) is 2.85. The van der Waals surface area contributed by atoms with Crippen LogP contribution in [0.25, 0.3) is 0 Å². The average Bonchev–Trinajstić information content (AvgIpc) is 2.25. The molecule has 0 heterocycles. The topological polar surface area (TPSA) is 29.5 Å². The highest BCUT2D eigenvalue weighted by molar-refractivity contribution is 5.27. The lowest BCUT2D eigenvalue weighted by molar-refractivity contribution is 0.114. The Hall–Kier alpha value is -0.860. The van der Waals surface area contributed by atoms with Gasteiger partial charge in [-0.2, -0.15) is 0 Å².